The summed E-state index contributed by atoms with van der Waals surface area (Å²) in [6.45, 7) is 2.17. The fraction of sp³-hybridized carbons (Fsp3) is 0.750. The summed E-state index contributed by atoms with van der Waals surface area (Å²) in [6.07, 6.45) is 0. The van der Waals surface area contributed by atoms with Gasteiger partial charge in [0, 0.05) is 46.4 Å². The van der Waals surface area contributed by atoms with E-state index in [0.29, 0.717) is 13.1 Å². The Morgan fingerprint density at radius 1 is 1.44 bits per heavy atom. The Morgan fingerprint density at radius 3 is 1.56 bits per heavy atom. The Bertz CT molecular complexity index is 54.5. The number of carbonyl (C=O) groups excluding carboxylic acids is 1. The summed E-state index contributed by atoms with van der Waals surface area (Å²) < 4.78 is 0. The van der Waals surface area contributed by atoms with Crippen LogP contribution in [-0.2, 0) is 4.79 Å². The molecule has 0 saturated carbocycles. The van der Waals surface area contributed by atoms with Gasteiger partial charge in [-0.1, -0.05) is 0 Å². The van der Waals surface area contributed by atoms with E-state index in [9.17, 15) is 0 Å². The average Bonchev–Trinajstić information content (AvgIpc) is 1.65. The van der Waals surface area contributed by atoms with Gasteiger partial charge < -0.3 is 21.4 Å². The van der Waals surface area contributed by atoms with Gasteiger partial charge in [-0.2, -0.15) is 0 Å². The Balaban J connectivity index is -0.0000000720. The molecular weight excluding hydrogens is 315 g/mol. The molecule has 0 bridgehead atoms. The van der Waals surface area contributed by atoms with Crippen molar-refractivity contribution in [1.82, 2.24) is 0 Å². The Morgan fingerprint density at radius 2 is 1.56 bits per heavy atom. The van der Waals surface area contributed by atoms with Crippen molar-refractivity contribution in [2.24, 2.45) is 11.5 Å². The topological polar surface area (TPSA) is 92.2 Å². The third-order valence-electron chi connectivity index (χ3n) is 0.167. The van der Waals surface area contributed by atoms with Crippen LogP contribution in [0.5, 0.6) is 0 Å². The third-order valence-corrected chi connectivity index (χ3v) is 0.167. The number of hydrogen-bond acceptors (Lipinski definition) is 4. The van der Waals surface area contributed by atoms with Gasteiger partial charge in [0.2, 0.25) is 0 Å². The van der Waals surface area contributed by atoms with Crippen molar-refractivity contribution < 1.29 is 9.90 Å². The zero-order chi connectivity index (χ0) is 6.99. The van der Waals surface area contributed by atoms with E-state index in [1.807, 2.05) is 0 Å². The molecule has 0 amide bonds. The normalized spacial score (nSPS) is 6.11. The van der Waals surface area contributed by atoms with Crippen molar-refractivity contribution in [3.63, 3.8) is 0 Å². The molecule has 0 aliphatic heterocycles. The van der Waals surface area contributed by atoms with Gasteiger partial charge in [0.1, 0.15) is 0 Å². The summed E-state index contributed by atoms with van der Waals surface area (Å²) in [6, 6.07) is 0. The van der Waals surface area contributed by atoms with Crippen LogP contribution in [0.1, 0.15) is 6.92 Å². The van der Waals surface area contributed by atoms with Crippen LogP contribution >= 0.6 is 0 Å². The van der Waals surface area contributed by atoms with E-state index in [1.54, 1.807) is 0 Å². The second-order valence-corrected chi connectivity index (χ2v) is 1.07. The summed E-state index contributed by atoms with van der Waals surface area (Å²) >= 11 is 0. The van der Waals surface area contributed by atoms with Gasteiger partial charge in [-0.3, -0.25) is 0 Å². The predicted molar refractivity (Wildman–Crippen MR) is 34.5 cm³/mol. The molecule has 4 nitrogen and oxygen atoms in total. The van der Waals surface area contributed by atoms with Crippen LogP contribution in [0.4, 0.5) is 0 Å². The van der Waals surface area contributed by atoms with Crippen molar-refractivity contribution in [3.05, 3.63) is 0 Å². The molecule has 0 aliphatic carbocycles. The number of carboxylic acids is 1. The molecule has 0 spiro atoms. The SMILES string of the molecule is CC(=O)[O-].NCCN.[Pb]. The predicted octanol–water partition coefficient (Wildman–Crippen LogP) is -2.72. The van der Waals surface area contributed by atoms with E-state index in [1.165, 1.54) is 0 Å². The van der Waals surface area contributed by atoms with Gasteiger partial charge in [0.05, 0.1) is 0 Å². The Hall–Kier alpha value is 0.312. The minimum atomic E-state index is -1.08. The first-order chi connectivity index (χ1) is 3.65. The van der Waals surface area contributed by atoms with Crippen LogP contribution in [0.25, 0.3) is 0 Å². The molecule has 9 heavy (non-hydrogen) atoms. The van der Waals surface area contributed by atoms with E-state index in [4.69, 9.17) is 21.4 Å². The van der Waals surface area contributed by atoms with E-state index in [-0.39, 0.29) is 27.3 Å². The molecule has 0 atom stereocenters. The average molecular weight is 326 g/mol. The van der Waals surface area contributed by atoms with Gasteiger partial charge in [-0.05, 0) is 6.92 Å². The first kappa shape index (κ1) is 16.1. The fourth-order valence-corrected chi connectivity index (χ4v) is 0. The molecule has 0 aromatic carbocycles. The Labute approximate surface area is 74.8 Å². The second kappa shape index (κ2) is 15.7. The van der Waals surface area contributed by atoms with Crippen LogP contribution in [-0.4, -0.2) is 46.4 Å². The maximum absolute atomic E-state index is 8.89. The van der Waals surface area contributed by atoms with Crippen LogP contribution < -0.4 is 16.6 Å². The fourth-order valence-electron chi connectivity index (χ4n) is 0. The number of nitrogens with two attached hydrogens (primary N) is 2. The molecule has 54 valence electrons. The minimum Gasteiger partial charge on any atom is -0.550 e. The van der Waals surface area contributed by atoms with Crippen molar-refractivity contribution >= 4 is 33.3 Å². The maximum atomic E-state index is 8.89. The first-order valence-corrected chi connectivity index (χ1v) is 2.22. The molecule has 0 saturated heterocycles. The molecule has 0 heterocycles. The van der Waals surface area contributed by atoms with Gasteiger partial charge in [0.25, 0.3) is 0 Å². The number of aliphatic carboxylic acids is 1. The Kier molecular flexibility index (Phi) is 28.3. The maximum Gasteiger partial charge on any atom is 0.0383 e. The second-order valence-electron chi connectivity index (χ2n) is 1.07. The number of carbonyl (C=O) groups is 1. The van der Waals surface area contributed by atoms with Crippen LogP contribution in [0, 0.1) is 0 Å². The van der Waals surface area contributed by atoms with E-state index in [2.05, 4.69) is 0 Å². The van der Waals surface area contributed by atoms with Crippen LogP contribution in [0.15, 0.2) is 0 Å². The largest absolute Gasteiger partial charge is 0.550 e. The zero-order valence-corrected chi connectivity index (χ0v) is 9.27. The van der Waals surface area contributed by atoms with Gasteiger partial charge in [-0.25, -0.2) is 0 Å². The molecule has 4 radical (unpaired) electrons. The molecule has 0 aromatic heterocycles. The standard InChI is InChI=1S/C2H8N2.C2H4O2.Pb/c3-1-2-4;1-2(3)4;/h1-4H2;1H3,(H,3,4);/p-1. The minimum absolute atomic E-state index is 0. The summed E-state index contributed by atoms with van der Waals surface area (Å²) in [4.78, 5) is 8.89. The van der Waals surface area contributed by atoms with E-state index >= 15 is 0 Å². The summed E-state index contributed by atoms with van der Waals surface area (Å²) in [7, 11) is 0. The van der Waals surface area contributed by atoms with Crippen LogP contribution in [0.2, 0.25) is 0 Å². The van der Waals surface area contributed by atoms with Gasteiger partial charge >= 0.3 is 0 Å². The molecule has 4 N–H and O–H groups in total. The third kappa shape index (κ3) is 192. The van der Waals surface area contributed by atoms with Gasteiger partial charge in [-0.15, -0.1) is 0 Å². The molecule has 0 rings (SSSR count). The van der Waals surface area contributed by atoms with Crippen LogP contribution in [0.3, 0.4) is 0 Å². The molecule has 0 unspecified atom stereocenters. The van der Waals surface area contributed by atoms with Gasteiger partial charge in [0.15, 0.2) is 0 Å². The van der Waals surface area contributed by atoms with Crippen molar-refractivity contribution in [2.75, 3.05) is 13.1 Å². The van der Waals surface area contributed by atoms with E-state index < -0.39 is 5.97 Å². The summed E-state index contributed by atoms with van der Waals surface area (Å²) in [5.74, 6) is -1.08. The number of rotatable bonds is 1. The summed E-state index contributed by atoms with van der Waals surface area (Å²) in [5, 5.41) is 8.89. The number of carboxylic acid groups (broad SMARTS) is 1. The van der Waals surface area contributed by atoms with Crippen molar-refractivity contribution in [2.45, 2.75) is 6.92 Å². The summed E-state index contributed by atoms with van der Waals surface area (Å²) in [5.41, 5.74) is 9.81. The monoisotopic (exact) mass is 327 g/mol. The zero-order valence-electron chi connectivity index (χ0n) is 5.39. The first-order valence-electron chi connectivity index (χ1n) is 2.22. The smallest absolute Gasteiger partial charge is 0.0383 e. The van der Waals surface area contributed by atoms with Crippen molar-refractivity contribution in [1.29, 1.82) is 0 Å². The molecule has 5 heteroatoms. The molecular formula is C4H11N2O2Pb-. The van der Waals surface area contributed by atoms with Crippen molar-refractivity contribution in [3.8, 4) is 0 Å². The molecule has 0 fully saturated rings. The number of hydrogen-bond donors (Lipinski definition) is 2. The quantitative estimate of drug-likeness (QED) is 0.512. The van der Waals surface area contributed by atoms with E-state index in [0.717, 1.165) is 6.92 Å². The molecule has 0 aliphatic rings. The molecule has 0 aromatic rings.